The van der Waals surface area contributed by atoms with Crippen LogP contribution in [0, 0.1) is 5.92 Å². The largest absolute Gasteiger partial charge is 0.497 e. The van der Waals surface area contributed by atoms with E-state index in [1.807, 2.05) is 0 Å². The van der Waals surface area contributed by atoms with Crippen molar-refractivity contribution in [2.75, 3.05) is 39.9 Å². The van der Waals surface area contributed by atoms with Gasteiger partial charge < -0.3 is 20.5 Å². The van der Waals surface area contributed by atoms with E-state index < -0.39 is 15.9 Å². The zero-order valence-corrected chi connectivity index (χ0v) is 16.7. The van der Waals surface area contributed by atoms with Crippen molar-refractivity contribution in [2.24, 2.45) is 5.92 Å². The first-order valence-corrected chi connectivity index (χ1v) is 10.6. The van der Waals surface area contributed by atoms with Crippen molar-refractivity contribution in [3.63, 3.8) is 0 Å². The van der Waals surface area contributed by atoms with Gasteiger partial charge in [0.1, 0.15) is 5.75 Å². The van der Waals surface area contributed by atoms with Crippen molar-refractivity contribution in [2.45, 2.75) is 24.2 Å². The molecule has 0 spiro atoms. The Morgan fingerprint density at radius 3 is 2.57 bits per heavy atom. The van der Waals surface area contributed by atoms with Gasteiger partial charge in [0.25, 0.3) is 0 Å². The molecular weight excluding hydrogens is 386 g/mol. The number of hydrogen-bond acceptors (Lipinski definition) is 6. The lowest BCUT2D eigenvalue weighted by Crippen LogP contribution is -2.45. The van der Waals surface area contributed by atoms with E-state index in [0.717, 1.165) is 0 Å². The Morgan fingerprint density at radius 2 is 1.93 bits per heavy atom. The second-order valence-electron chi connectivity index (χ2n) is 6.49. The fourth-order valence-electron chi connectivity index (χ4n) is 3.00. The van der Waals surface area contributed by atoms with Crippen LogP contribution in [0.3, 0.4) is 0 Å². The quantitative estimate of drug-likeness (QED) is 0.511. The molecule has 2 rings (SSSR count). The summed E-state index contributed by atoms with van der Waals surface area (Å²) in [4.78, 5) is 24.0. The Balaban J connectivity index is 1.91. The lowest BCUT2D eigenvalue weighted by atomic mass is 9.99. The second-order valence-corrected chi connectivity index (χ2v) is 8.43. The number of aliphatic hydroxyl groups is 1. The number of rotatable bonds is 9. The van der Waals surface area contributed by atoms with Crippen LogP contribution >= 0.6 is 0 Å². The van der Waals surface area contributed by atoms with Crippen LogP contribution in [0.15, 0.2) is 29.2 Å². The molecule has 1 saturated heterocycles. The lowest BCUT2D eigenvalue weighted by molar-refractivity contribution is -0.126. The van der Waals surface area contributed by atoms with Gasteiger partial charge in [0, 0.05) is 32.6 Å². The molecule has 1 atom stereocenters. The Labute approximate surface area is 165 Å². The molecule has 3 N–H and O–H groups in total. The van der Waals surface area contributed by atoms with E-state index in [1.165, 1.54) is 23.5 Å². The smallest absolute Gasteiger partial charge is 0.243 e. The standard InChI is InChI=1S/C18H27N3O6S/c1-27-15-4-6-16(7-5-15)28(25,26)21-11-2-3-14(13-21)18(24)20-9-8-17(23)19-10-12-22/h4-7,14,22H,2-3,8-13H2,1H3,(H,19,23)(H,20,24). The highest BCUT2D eigenvalue weighted by Gasteiger charge is 2.33. The minimum atomic E-state index is -3.69. The van der Waals surface area contributed by atoms with Gasteiger partial charge in [0.05, 0.1) is 24.5 Å². The third-order valence-electron chi connectivity index (χ3n) is 4.54. The van der Waals surface area contributed by atoms with Crippen LogP contribution in [0.2, 0.25) is 0 Å². The normalized spacial score (nSPS) is 17.7. The number of aliphatic hydroxyl groups excluding tert-OH is 1. The maximum absolute atomic E-state index is 12.8. The number of amides is 2. The van der Waals surface area contributed by atoms with Crippen LogP contribution in [0.1, 0.15) is 19.3 Å². The van der Waals surface area contributed by atoms with Crippen LogP contribution in [0.5, 0.6) is 5.75 Å². The van der Waals surface area contributed by atoms with Gasteiger partial charge in [0.2, 0.25) is 21.8 Å². The topological polar surface area (TPSA) is 125 Å². The number of methoxy groups -OCH3 is 1. The van der Waals surface area contributed by atoms with Crippen molar-refractivity contribution in [1.29, 1.82) is 0 Å². The molecule has 1 aliphatic rings. The maximum atomic E-state index is 12.8. The number of ether oxygens (including phenoxy) is 1. The van der Waals surface area contributed by atoms with Gasteiger partial charge in [0.15, 0.2) is 0 Å². The predicted molar refractivity (Wildman–Crippen MR) is 102 cm³/mol. The molecule has 1 heterocycles. The Morgan fingerprint density at radius 1 is 1.21 bits per heavy atom. The summed E-state index contributed by atoms with van der Waals surface area (Å²) in [5.41, 5.74) is 0. The Bertz CT molecular complexity index is 766. The summed E-state index contributed by atoms with van der Waals surface area (Å²) in [6, 6.07) is 6.15. The molecule has 1 aliphatic heterocycles. The minimum absolute atomic E-state index is 0.103. The Hall–Kier alpha value is -2.17. The summed E-state index contributed by atoms with van der Waals surface area (Å²) in [5, 5.41) is 13.8. The number of sulfonamides is 1. The van der Waals surface area contributed by atoms with Gasteiger partial charge in [-0.05, 0) is 37.1 Å². The SMILES string of the molecule is COc1ccc(S(=O)(=O)N2CCCC(C(=O)NCCC(=O)NCCO)C2)cc1. The third kappa shape index (κ3) is 5.91. The van der Waals surface area contributed by atoms with Crippen LogP contribution in [-0.2, 0) is 19.6 Å². The third-order valence-corrected chi connectivity index (χ3v) is 6.42. The zero-order valence-electron chi connectivity index (χ0n) is 15.9. The van der Waals surface area contributed by atoms with Crippen molar-refractivity contribution < 1.29 is 27.9 Å². The number of carbonyl (C=O) groups excluding carboxylic acids is 2. The van der Waals surface area contributed by atoms with Crippen LogP contribution in [0.25, 0.3) is 0 Å². The van der Waals surface area contributed by atoms with E-state index in [-0.39, 0.29) is 49.4 Å². The molecule has 9 nitrogen and oxygen atoms in total. The number of carbonyl (C=O) groups is 2. The molecule has 156 valence electrons. The summed E-state index contributed by atoms with van der Waals surface area (Å²) < 4.78 is 32.1. The molecule has 1 fully saturated rings. The highest BCUT2D eigenvalue weighted by molar-refractivity contribution is 7.89. The molecule has 1 aromatic carbocycles. The van der Waals surface area contributed by atoms with Gasteiger partial charge in [-0.2, -0.15) is 4.31 Å². The van der Waals surface area contributed by atoms with E-state index in [9.17, 15) is 18.0 Å². The van der Waals surface area contributed by atoms with E-state index in [2.05, 4.69) is 10.6 Å². The van der Waals surface area contributed by atoms with E-state index >= 15 is 0 Å². The van der Waals surface area contributed by atoms with Gasteiger partial charge in [-0.3, -0.25) is 9.59 Å². The van der Waals surface area contributed by atoms with E-state index in [0.29, 0.717) is 25.1 Å². The minimum Gasteiger partial charge on any atom is -0.497 e. The first kappa shape index (κ1) is 22.1. The monoisotopic (exact) mass is 413 g/mol. The second kappa shape index (κ2) is 10.4. The summed E-state index contributed by atoms with van der Waals surface area (Å²) in [6.45, 7) is 0.669. The van der Waals surface area contributed by atoms with Crippen molar-refractivity contribution in [1.82, 2.24) is 14.9 Å². The summed E-state index contributed by atoms with van der Waals surface area (Å²) in [7, 11) is -2.18. The van der Waals surface area contributed by atoms with Gasteiger partial charge in [-0.1, -0.05) is 0 Å². The predicted octanol–water partition coefficient (Wildman–Crippen LogP) is -0.289. The molecule has 10 heteroatoms. The van der Waals surface area contributed by atoms with Crippen molar-refractivity contribution in [3.05, 3.63) is 24.3 Å². The molecule has 2 amide bonds. The van der Waals surface area contributed by atoms with Crippen molar-refractivity contribution >= 4 is 21.8 Å². The number of nitrogens with one attached hydrogen (secondary N) is 2. The fraction of sp³-hybridized carbons (Fsp3) is 0.556. The average Bonchev–Trinajstić information content (AvgIpc) is 2.72. The van der Waals surface area contributed by atoms with Gasteiger partial charge in [-0.25, -0.2) is 8.42 Å². The molecule has 28 heavy (non-hydrogen) atoms. The van der Waals surface area contributed by atoms with Crippen LogP contribution < -0.4 is 15.4 Å². The average molecular weight is 413 g/mol. The first-order valence-electron chi connectivity index (χ1n) is 9.18. The first-order chi connectivity index (χ1) is 13.4. The number of benzene rings is 1. The van der Waals surface area contributed by atoms with Crippen LogP contribution in [0.4, 0.5) is 0 Å². The lowest BCUT2D eigenvalue weighted by Gasteiger charge is -2.31. The fourth-order valence-corrected chi connectivity index (χ4v) is 4.52. The maximum Gasteiger partial charge on any atom is 0.243 e. The van der Waals surface area contributed by atoms with Gasteiger partial charge in [-0.15, -0.1) is 0 Å². The summed E-state index contributed by atoms with van der Waals surface area (Å²) >= 11 is 0. The number of nitrogens with zero attached hydrogens (tertiary/aromatic N) is 1. The summed E-state index contributed by atoms with van der Waals surface area (Å²) in [5.74, 6) is -0.411. The molecule has 0 aliphatic carbocycles. The number of hydrogen-bond donors (Lipinski definition) is 3. The Kier molecular flexibility index (Phi) is 8.21. The van der Waals surface area contributed by atoms with Crippen LogP contribution in [-0.4, -0.2) is 69.5 Å². The van der Waals surface area contributed by atoms with E-state index in [1.54, 1.807) is 12.1 Å². The molecule has 0 radical (unpaired) electrons. The van der Waals surface area contributed by atoms with Gasteiger partial charge >= 0.3 is 0 Å². The van der Waals surface area contributed by atoms with E-state index in [4.69, 9.17) is 9.84 Å². The molecular formula is C18H27N3O6S. The zero-order chi connectivity index (χ0) is 20.6. The molecule has 0 saturated carbocycles. The van der Waals surface area contributed by atoms with Crippen molar-refractivity contribution in [3.8, 4) is 5.75 Å². The molecule has 1 aromatic rings. The highest BCUT2D eigenvalue weighted by atomic mass is 32.2. The molecule has 0 aromatic heterocycles. The highest BCUT2D eigenvalue weighted by Crippen LogP contribution is 2.25. The molecule has 0 bridgehead atoms. The number of piperidine rings is 1. The molecule has 1 unspecified atom stereocenters. The summed E-state index contributed by atoms with van der Waals surface area (Å²) in [6.07, 6.45) is 1.29.